The molecule has 0 bridgehead atoms. The molecule has 0 spiro atoms. The van der Waals surface area contributed by atoms with Crippen LogP contribution >= 0.6 is 15.9 Å². The van der Waals surface area contributed by atoms with E-state index >= 15 is 0 Å². The summed E-state index contributed by atoms with van der Waals surface area (Å²) in [4.78, 5) is 1.77. The Hall–Kier alpha value is -0.640. The molecule has 1 heterocycles. The Balaban J connectivity index is 2.20. The maximum Gasteiger partial charge on any atom is 0.265 e. The number of rotatable bonds is 1. The number of alkyl halides is 2. The van der Waals surface area contributed by atoms with E-state index < -0.39 is 5.92 Å². The van der Waals surface area contributed by atoms with Gasteiger partial charge in [-0.25, -0.2) is 8.78 Å². The predicted molar refractivity (Wildman–Crippen MR) is 65.3 cm³/mol. The summed E-state index contributed by atoms with van der Waals surface area (Å²) in [5, 5.41) is 0. The highest BCUT2D eigenvalue weighted by atomic mass is 79.9. The fraction of sp³-hybridized carbons (Fsp3) is 0.500. The minimum atomic E-state index is -2.54. The number of aryl methyl sites for hydroxylation is 1. The van der Waals surface area contributed by atoms with Gasteiger partial charge in [0.25, 0.3) is 5.92 Å². The van der Waals surface area contributed by atoms with Gasteiger partial charge < -0.3 is 4.90 Å². The molecule has 1 aliphatic heterocycles. The van der Waals surface area contributed by atoms with Gasteiger partial charge in [-0.2, -0.15) is 0 Å². The van der Waals surface area contributed by atoms with Gasteiger partial charge in [-0.15, -0.1) is 0 Å². The second-order valence-electron chi connectivity index (χ2n) is 4.31. The van der Waals surface area contributed by atoms with Gasteiger partial charge in [-0.1, -0.05) is 15.9 Å². The maximum absolute atomic E-state index is 13.3. The number of halogens is 3. The van der Waals surface area contributed by atoms with E-state index in [-0.39, 0.29) is 13.0 Å². The Bertz CT molecular complexity index is 393. The Morgan fingerprint density at radius 2 is 2.12 bits per heavy atom. The summed E-state index contributed by atoms with van der Waals surface area (Å²) < 4.78 is 27.6. The number of hydrogen-bond donors (Lipinski definition) is 0. The van der Waals surface area contributed by atoms with Crippen LogP contribution in [-0.4, -0.2) is 19.0 Å². The van der Waals surface area contributed by atoms with E-state index in [4.69, 9.17) is 0 Å². The third kappa shape index (κ3) is 2.54. The minimum absolute atomic E-state index is 0.0129. The van der Waals surface area contributed by atoms with Gasteiger partial charge in [0.1, 0.15) is 0 Å². The summed E-state index contributed by atoms with van der Waals surface area (Å²) in [7, 11) is 0. The molecule has 1 aromatic rings. The number of nitrogens with zero attached hydrogens (tertiary/aromatic N) is 1. The standard InChI is InChI=1S/C12H14BrF2N/c1-9-7-10(3-4-11(9)13)16-6-2-5-12(14,15)8-16/h3-4,7H,2,5-6,8H2,1H3. The molecule has 0 radical (unpaired) electrons. The quantitative estimate of drug-likeness (QED) is 0.756. The first-order valence-electron chi connectivity index (χ1n) is 5.37. The fourth-order valence-electron chi connectivity index (χ4n) is 2.01. The number of piperidine rings is 1. The zero-order valence-electron chi connectivity index (χ0n) is 9.14. The molecule has 0 N–H and O–H groups in total. The zero-order valence-corrected chi connectivity index (χ0v) is 10.7. The molecular weight excluding hydrogens is 276 g/mol. The normalized spacial score (nSPS) is 19.9. The third-order valence-corrected chi connectivity index (χ3v) is 3.79. The molecule has 1 aromatic carbocycles. The van der Waals surface area contributed by atoms with Crippen molar-refractivity contribution in [2.75, 3.05) is 18.0 Å². The van der Waals surface area contributed by atoms with Gasteiger partial charge in [0.2, 0.25) is 0 Å². The van der Waals surface area contributed by atoms with E-state index in [0.29, 0.717) is 6.42 Å². The molecule has 0 amide bonds. The minimum Gasteiger partial charge on any atom is -0.365 e. The van der Waals surface area contributed by atoms with Crippen LogP contribution in [-0.2, 0) is 0 Å². The Morgan fingerprint density at radius 1 is 1.38 bits per heavy atom. The van der Waals surface area contributed by atoms with Crippen LogP contribution < -0.4 is 4.90 Å². The van der Waals surface area contributed by atoms with Crippen LogP contribution in [0.1, 0.15) is 18.4 Å². The van der Waals surface area contributed by atoms with Crippen molar-refractivity contribution >= 4 is 21.6 Å². The van der Waals surface area contributed by atoms with Crippen molar-refractivity contribution < 1.29 is 8.78 Å². The molecule has 1 nitrogen and oxygen atoms in total. The van der Waals surface area contributed by atoms with E-state index in [2.05, 4.69) is 15.9 Å². The highest BCUT2D eigenvalue weighted by Gasteiger charge is 2.35. The topological polar surface area (TPSA) is 3.24 Å². The van der Waals surface area contributed by atoms with E-state index in [1.165, 1.54) is 0 Å². The van der Waals surface area contributed by atoms with Crippen molar-refractivity contribution in [3.63, 3.8) is 0 Å². The lowest BCUT2D eigenvalue weighted by Crippen LogP contribution is -2.42. The second kappa shape index (κ2) is 4.32. The summed E-state index contributed by atoms with van der Waals surface area (Å²) >= 11 is 3.41. The van der Waals surface area contributed by atoms with Crippen molar-refractivity contribution in [2.24, 2.45) is 0 Å². The van der Waals surface area contributed by atoms with Gasteiger partial charge >= 0.3 is 0 Å². The fourth-order valence-corrected chi connectivity index (χ4v) is 2.26. The Kier molecular flexibility index (Phi) is 3.19. The van der Waals surface area contributed by atoms with E-state index in [9.17, 15) is 8.78 Å². The van der Waals surface area contributed by atoms with Gasteiger partial charge in [0.15, 0.2) is 0 Å². The van der Waals surface area contributed by atoms with Crippen LogP contribution in [0.15, 0.2) is 22.7 Å². The molecule has 1 saturated heterocycles. The smallest absolute Gasteiger partial charge is 0.265 e. The Morgan fingerprint density at radius 3 is 2.75 bits per heavy atom. The first kappa shape index (κ1) is 11.8. The summed E-state index contributed by atoms with van der Waals surface area (Å²) in [5.74, 6) is -2.54. The lowest BCUT2D eigenvalue weighted by Gasteiger charge is -2.34. The van der Waals surface area contributed by atoms with Crippen LogP contribution in [0.25, 0.3) is 0 Å². The molecule has 0 aliphatic carbocycles. The van der Waals surface area contributed by atoms with E-state index in [0.717, 1.165) is 22.3 Å². The van der Waals surface area contributed by atoms with Crippen LogP contribution in [0.2, 0.25) is 0 Å². The van der Waals surface area contributed by atoms with E-state index in [1.807, 2.05) is 25.1 Å². The highest BCUT2D eigenvalue weighted by molar-refractivity contribution is 9.10. The molecule has 2 rings (SSSR count). The summed E-state index contributed by atoms with van der Waals surface area (Å²) in [6.45, 7) is 2.53. The summed E-state index contributed by atoms with van der Waals surface area (Å²) in [6.07, 6.45) is 0.571. The van der Waals surface area contributed by atoms with Crippen molar-refractivity contribution in [1.82, 2.24) is 0 Å². The van der Waals surface area contributed by atoms with Crippen LogP contribution in [0, 0.1) is 6.92 Å². The first-order chi connectivity index (χ1) is 7.48. The number of hydrogen-bond acceptors (Lipinski definition) is 1. The van der Waals surface area contributed by atoms with Gasteiger partial charge in [0, 0.05) is 23.1 Å². The largest absolute Gasteiger partial charge is 0.365 e. The molecule has 0 aromatic heterocycles. The van der Waals surface area contributed by atoms with Crippen LogP contribution in [0.5, 0.6) is 0 Å². The average molecular weight is 290 g/mol. The van der Waals surface area contributed by atoms with Gasteiger partial charge in [-0.3, -0.25) is 0 Å². The predicted octanol–water partition coefficient (Wildman–Crippen LogP) is 3.99. The first-order valence-corrected chi connectivity index (χ1v) is 6.16. The highest BCUT2D eigenvalue weighted by Crippen LogP contribution is 2.31. The molecule has 16 heavy (non-hydrogen) atoms. The molecular formula is C12H14BrF2N. The zero-order chi connectivity index (χ0) is 11.8. The van der Waals surface area contributed by atoms with Crippen molar-refractivity contribution in [3.05, 3.63) is 28.2 Å². The molecule has 4 heteroatoms. The average Bonchev–Trinajstić information content (AvgIpc) is 2.20. The third-order valence-electron chi connectivity index (χ3n) is 2.90. The number of anilines is 1. The number of benzene rings is 1. The summed E-state index contributed by atoms with van der Waals surface area (Å²) in [6, 6.07) is 5.75. The molecule has 0 atom stereocenters. The van der Waals surface area contributed by atoms with Gasteiger partial charge in [-0.05, 0) is 37.1 Å². The Labute approximate surface area is 103 Å². The molecule has 0 unspecified atom stereocenters. The van der Waals surface area contributed by atoms with E-state index in [1.54, 1.807) is 4.90 Å². The monoisotopic (exact) mass is 289 g/mol. The lowest BCUT2D eigenvalue weighted by molar-refractivity contribution is -0.0116. The van der Waals surface area contributed by atoms with Crippen LogP contribution in [0.3, 0.4) is 0 Å². The molecule has 1 fully saturated rings. The lowest BCUT2D eigenvalue weighted by atomic mass is 10.1. The second-order valence-corrected chi connectivity index (χ2v) is 5.17. The van der Waals surface area contributed by atoms with Crippen molar-refractivity contribution in [1.29, 1.82) is 0 Å². The molecule has 88 valence electrons. The molecule has 1 aliphatic rings. The maximum atomic E-state index is 13.3. The van der Waals surface area contributed by atoms with Crippen molar-refractivity contribution in [2.45, 2.75) is 25.7 Å². The molecule has 0 saturated carbocycles. The van der Waals surface area contributed by atoms with Crippen molar-refractivity contribution in [3.8, 4) is 0 Å². The van der Waals surface area contributed by atoms with Crippen LogP contribution in [0.4, 0.5) is 14.5 Å². The van der Waals surface area contributed by atoms with Gasteiger partial charge in [0.05, 0.1) is 6.54 Å². The summed E-state index contributed by atoms with van der Waals surface area (Å²) in [5.41, 5.74) is 1.96. The SMILES string of the molecule is Cc1cc(N2CCCC(F)(F)C2)ccc1Br.